The Balaban J connectivity index is 1.59. The van der Waals surface area contributed by atoms with Crippen molar-refractivity contribution in [3.63, 3.8) is 0 Å². The van der Waals surface area contributed by atoms with Crippen LogP contribution in [0.1, 0.15) is 58.8 Å². The number of amides is 1. The summed E-state index contributed by atoms with van der Waals surface area (Å²) in [4.78, 5) is 15.7. The second kappa shape index (κ2) is 5.72. The van der Waals surface area contributed by atoms with Crippen molar-refractivity contribution in [3.05, 3.63) is 0 Å². The molecule has 1 saturated heterocycles. The summed E-state index contributed by atoms with van der Waals surface area (Å²) < 4.78 is 23.9. The zero-order valence-corrected chi connectivity index (χ0v) is 15.9. The van der Waals surface area contributed by atoms with Crippen molar-refractivity contribution in [1.29, 1.82) is 0 Å². The van der Waals surface area contributed by atoms with Gasteiger partial charge in [-0.2, -0.15) is 0 Å². The van der Waals surface area contributed by atoms with E-state index in [1.54, 1.807) is 0 Å². The van der Waals surface area contributed by atoms with E-state index in [4.69, 9.17) is 0 Å². The molecule has 136 valence electrons. The van der Waals surface area contributed by atoms with Crippen LogP contribution in [0, 0.1) is 29.1 Å². The van der Waals surface area contributed by atoms with Gasteiger partial charge in [0.25, 0.3) is 0 Å². The third-order valence-corrected chi connectivity index (χ3v) is 8.71. The molecule has 4 saturated carbocycles. The SMILES string of the molecule is CC(C)CN(C(=O)C12CC3CC(CC(C3)C1)C2)[C@@H]1CCS(=O)(=O)C1. The Morgan fingerprint density at radius 2 is 1.62 bits per heavy atom. The molecule has 1 atom stereocenters. The molecule has 0 N–H and O–H groups in total. The molecule has 4 nitrogen and oxygen atoms in total. The van der Waals surface area contributed by atoms with Gasteiger partial charge in [0.15, 0.2) is 9.84 Å². The van der Waals surface area contributed by atoms with E-state index in [9.17, 15) is 13.2 Å². The summed E-state index contributed by atoms with van der Waals surface area (Å²) in [6.45, 7) is 4.97. The van der Waals surface area contributed by atoms with Crippen molar-refractivity contribution in [2.75, 3.05) is 18.1 Å². The van der Waals surface area contributed by atoms with E-state index in [2.05, 4.69) is 13.8 Å². The summed E-state index contributed by atoms with van der Waals surface area (Å²) in [7, 11) is -2.96. The lowest BCUT2D eigenvalue weighted by Gasteiger charge is -2.57. The Hall–Kier alpha value is -0.580. The maximum absolute atomic E-state index is 13.7. The van der Waals surface area contributed by atoms with E-state index in [0.29, 0.717) is 24.8 Å². The normalized spacial score (nSPS) is 42.6. The van der Waals surface area contributed by atoms with Gasteiger partial charge in [0, 0.05) is 12.6 Å². The van der Waals surface area contributed by atoms with E-state index in [1.807, 2.05) is 4.90 Å². The topological polar surface area (TPSA) is 54.5 Å². The maximum Gasteiger partial charge on any atom is 0.229 e. The van der Waals surface area contributed by atoms with Crippen molar-refractivity contribution in [2.24, 2.45) is 29.1 Å². The lowest BCUT2D eigenvalue weighted by Crippen LogP contribution is -2.57. The first kappa shape index (κ1) is 16.9. The van der Waals surface area contributed by atoms with Crippen LogP contribution in [0.25, 0.3) is 0 Å². The lowest BCUT2D eigenvalue weighted by molar-refractivity contribution is -0.160. The van der Waals surface area contributed by atoms with Gasteiger partial charge in [0.05, 0.1) is 16.9 Å². The summed E-state index contributed by atoms with van der Waals surface area (Å²) in [5.41, 5.74) is -0.157. The van der Waals surface area contributed by atoms with Gasteiger partial charge in [-0.25, -0.2) is 8.42 Å². The predicted molar refractivity (Wildman–Crippen MR) is 94.2 cm³/mol. The molecule has 4 aliphatic carbocycles. The van der Waals surface area contributed by atoms with E-state index in [-0.39, 0.29) is 23.0 Å². The van der Waals surface area contributed by atoms with Gasteiger partial charge in [-0.15, -0.1) is 0 Å². The Bertz CT molecular complexity index is 589. The molecule has 5 heteroatoms. The minimum Gasteiger partial charge on any atom is -0.338 e. The van der Waals surface area contributed by atoms with Crippen molar-refractivity contribution >= 4 is 15.7 Å². The van der Waals surface area contributed by atoms with Crippen molar-refractivity contribution in [3.8, 4) is 0 Å². The number of hydrogen-bond acceptors (Lipinski definition) is 3. The van der Waals surface area contributed by atoms with Crippen molar-refractivity contribution in [1.82, 2.24) is 4.90 Å². The van der Waals surface area contributed by atoms with Crippen LogP contribution in [0.4, 0.5) is 0 Å². The third kappa shape index (κ3) is 2.91. The van der Waals surface area contributed by atoms with Crippen LogP contribution in [-0.4, -0.2) is 43.3 Å². The highest BCUT2D eigenvalue weighted by molar-refractivity contribution is 7.91. The summed E-state index contributed by atoms with van der Waals surface area (Å²) in [6, 6.07) is -0.0853. The van der Waals surface area contributed by atoms with Gasteiger partial charge in [0.1, 0.15) is 0 Å². The van der Waals surface area contributed by atoms with E-state index in [0.717, 1.165) is 37.0 Å². The maximum atomic E-state index is 13.7. The van der Waals surface area contributed by atoms with Gasteiger partial charge >= 0.3 is 0 Å². The molecule has 0 aromatic heterocycles. The van der Waals surface area contributed by atoms with Gasteiger partial charge in [-0.05, 0) is 68.6 Å². The van der Waals surface area contributed by atoms with Crippen LogP contribution < -0.4 is 0 Å². The van der Waals surface area contributed by atoms with E-state index >= 15 is 0 Å². The fourth-order valence-corrected chi connectivity index (χ4v) is 8.22. The standard InChI is InChI=1S/C19H31NO3S/c1-13(2)11-20(17-3-4-24(22,23)12-17)18(21)19-8-14-5-15(9-19)7-16(6-14)10-19/h13-17H,3-12H2,1-2H3/t14?,15?,16?,17-,19?/m1/s1. The molecule has 0 unspecified atom stereocenters. The molecular formula is C19H31NO3S. The monoisotopic (exact) mass is 353 g/mol. The Labute approximate surface area is 146 Å². The highest BCUT2D eigenvalue weighted by Gasteiger charge is 2.56. The van der Waals surface area contributed by atoms with E-state index < -0.39 is 9.84 Å². The highest BCUT2D eigenvalue weighted by atomic mass is 32.2. The average molecular weight is 354 g/mol. The van der Waals surface area contributed by atoms with Gasteiger partial charge in [-0.1, -0.05) is 13.8 Å². The van der Waals surface area contributed by atoms with Crippen molar-refractivity contribution in [2.45, 2.75) is 64.8 Å². The first-order chi connectivity index (χ1) is 11.3. The van der Waals surface area contributed by atoms with E-state index in [1.165, 1.54) is 19.3 Å². The predicted octanol–water partition coefficient (Wildman–Crippen LogP) is 2.87. The minimum atomic E-state index is -2.96. The zero-order valence-electron chi connectivity index (χ0n) is 15.0. The van der Waals surface area contributed by atoms with Gasteiger partial charge in [-0.3, -0.25) is 4.79 Å². The minimum absolute atomic E-state index is 0.0853. The molecular weight excluding hydrogens is 322 g/mol. The van der Waals surface area contributed by atoms with Crippen LogP contribution >= 0.6 is 0 Å². The summed E-state index contributed by atoms with van der Waals surface area (Å²) >= 11 is 0. The molecule has 0 aromatic rings. The molecule has 0 aromatic carbocycles. The fraction of sp³-hybridized carbons (Fsp3) is 0.947. The summed E-state index contributed by atoms with van der Waals surface area (Å²) in [5, 5.41) is 0. The van der Waals surface area contributed by atoms with Crippen LogP contribution in [0.3, 0.4) is 0 Å². The number of sulfone groups is 1. The molecule has 4 bridgehead atoms. The fourth-order valence-electron chi connectivity index (χ4n) is 6.49. The zero-order chi connectivity index (χ0) is 17.1. The van der Waals surface area contributed by atoms with Gasteiger partial charge in [0.2, 0.25) is 5.91 Å². The molecule has 1 heterocycles. The molecule has 0 radical (unpaired) electrons. The lowest BCUT2D eigenvalue weighted by atomic mass is 9.49. The van der Waals surface area contributed by atoms with Crippen LogP contribution in [0.5, 0.6) is 0 Å². The number of hydrogen-bond donors (Lipinski definition) is 0. The van der Waals surface area contributed by atoms with Crippen LogP contribution in [0.15, 0.2) is 0 Å². The van der Waals surface area contributed by atoms with Crippen LogP contribution in [0.2, 0.25) is 0 Å². The molecule has 5 aliphatic rings. The molecule has 5 fully saturated rings. The number of carbonyl (C=O) groups is 1. The molecule has 5 rings (SSSR count). The molecule has 1 amide bonds. The second-order valence-corrected chi connectivity index (χ2v) is 11.8. The highest BCUT2D eigenvalue weighted by Crippen LogP contribution is 2.60. The first-order valence-electron chi connectivity index (χ1n) is 9.78. The number of rotatable bonds is 4. The molecule has 1 aliphatic heterocycles. The van der Waals surface area contributed by atoms with Crippen molar-refractivity contribution < 1.29 is 13.2 Å². The molecule has 0 spiro atoms. The first-order valence-corrected chi connectivity index (χ1v) is 11.6. The van der Waals surface area contributed by atoms with Crippen LogP contribution in [-0.2, 0) is 14.6 Å². The Morgan fingerprint density at radius 1 is 1.08 bits per heavy atom. The Kier molecular flexibility index (Phi) is 4.02. The summed E-state index contributed by atoms with van der Waals surface area (Å²) in [5.74, 6) is 3.34. The summed E-state index contributed by atoms with van der Waals surface area (Å²) in [6.07, 6.45) is 7.80. The molecule has 24 heavy (non-hydrogen) atoms. The average Bonchev–Trinajstić information content (AvgIpc) is 2.82. The number of carbonyl (C=O) groups excluding carboxylic acids is 1. The second-order valence-electron chi connectivity index (χ2n) is 9.61. The number of nitrogens with zero attached hydrogens (tertiary/aromatic N) is 1. The van der Waals surface area contributed by atoms with Gasteiger partial charge < -0.3 is 4.90 Å². The smallest absolute Gasteiger partial charge is 0.229 e. The third-order valence-electron chi connectivity index (χ3n) is 6.96. The largest absolute Gasteiger partial charge is 0.338 e. The Morgan fingerprint density at radius 3 is 2.04 bits per heavy atom. The quantitative estimate of drug-likeness (QED) is 0.781.